The van der Waals surface area contributed by atoms with Gasteiger partial charge in [0.25, 0.3) is 5.91 Å². The van der Waals surface area contributed by atoms with E-state index < -0.39 is 0 Å². The standard InChI is InChI=1S/C20H22N4O2/c1-5-26-18-9-7-6-8-17(18)21-20(25)19-15(4)24(23-22-19)16-11-10-13(2)14(3)12-16/h6-12H,5H2,1-4H3,(H,21,25). The van der Waals surface area contributed by atoms with Gasteiger partial charge in [-0.3, -0.25) is 4.79 Å². The molecule has 2 aromatic carbocycles. The minimum atomic E-state index is -0.315. The number of hydrogen-bond donors (Lipinski definition) is 1. The molecule has 0 fully saturated rings. The molecule has 6 nitrogen and oxygen atoms in total. The first-order valence-corrected chi connectivity index (χ1v) is 8.54. The summed E-state index contributed by atoms with van der Waals surface area (Å²) in [6.07, 6.45) is 0. The minimum absolute atomic E-state index is 0.287. The van der Waals surface area contributed by atoms with Crippen LogP contribution < -0.4 is 10.1 Å². The Morgan fingerprint density at radius 1 is 1.12 bits per heavy atom. The zero-order chi connectivity index (χ0) is 18.7. The molecule has 0 bridgehead atoms. The molecule has 0 saturated carbocycles. The average Bonchev–Trinajstić information content (AvgIpc) is 3.01. The summed E-state index contributed by atoms with van der Waals surface area (Å²) < 4.78 is 7.22. The summed E-state index contributed by atoms with van der Waals surface area (Å²) in [5.41, 5.74) is 4.83. The Hall–Kier alpha value is -3.15. The van der Waals surface area contributed by atoms with Crippen LogP contribution in [0.25, 0.3) is 5.69 Å². The van der Waals surface area contributed by atoms with Crippen molar-refractivity contribution in [2.24, 2.45) is 0 Å². The van der Waals surface area contributed by atoms with Gasteiger partial charge in [-0.25, -0.2) is 4.68 Å². The number of benzene rings is 2. The lowest BCUT2D eigenvalue weighted by Gasteiger charge is -2.10. The number of aryl methyl sites for hydroxylation is 2. The molecule has 0 unspecified atom stereocenters. The molecule has 0 aliphatic heterocycles. The van der Waals surface area contributed by atoms with E-state index in [4.69, 9.17) is 4.74 Å². The molecule has 1 N–H and O–H groups in total. The predicted molar refractivity (Wildman–Crippen MR) is 101 cm³/mol. The second-order valence-corrected chi connectivity index (χ2v) is 6.09. The number of carbonyl (C=O) groups is 1. The molecule has 134 valence electrons. The Bertz CT molecular complexity index is 947. The third kappa shape index (κ3) is 3.44. The van der Waals surface area contributed by atoms with Crippen molar-refractivity contribution in [3.05, 3.63) is 65.0 Å². The van der Waals surface area contributed by atoms with E-state index in [-0.39, 0.29) is 11.6 Å². The van der Waals surface area contributed by atoms with Crippen molar-refractivity contribution in [2.75, 3.05) is 11.9 Å². The van der Waals surface area contributed by atoms with Crippen molar-refractivity contribution in [3.63, 3.8) is 0 Å². The summed E-state index contributed by atoms with van der Waals surface area (Å²) in [5.74, 6) is 0.312. The molecule has 1 amide bonds. The SMILES string of the molecule is CCOc1ccccc1NC(=O)c1nnn(-c2ccc(C)c(C)c2)c1C. The number of aromatic nitrogens is 3. The van der Waals surface area contributed by atoms with E-state index in [1.165, 1.54) is 5.56 Å². The third-order valence-electron chi connectivity index (χ3n) is 4.28. The van der Waals surface area contributed by atoms with E-state index in [1.807, 2.05) is 57.2 Å². The number of amides is 1. The fourth-order valence-electron chi connectivity index (χ4n) is 2.67. The van der Waals surface area contributed by atoms with E-state index in [2.05, 4.69) is 22.6 Å². The molecular formula is C20H22N4O2. The van der Waals surface area contributed by atoms with Crippen LogP contribution >= 0.6 is 0 Å². The molecule has 0 spiro atoms. The summed E-state index contributed by atoms with van der Waals surface area (Å²) in [5, 5.41) is 11.1. The summed E-state index contributed by atoms with van der Waals surface area (Å²) in [6, 6.07) is 13.4. The smallest absolute Gasteiger partial charge is 0.278 e. The van der Waals surface area contributed by atoms with Gasteiger partial charge in [0.2, 0.25) is 0 Å². The molecule has 3 rings (SSSR count). The van der Waals surface area contributed by atoms with Crippen molar-refractivity contribution >= 4 is 11.6 Å². The fourth-order valence-corrected chi connectivity index (χ4v) is 2.67. The largest absolute Gasteiger partial charge is 0.492 e. The normalized spacial score (nSPS) is 10.6. The highest BCUT2D eigenvalue weighted by molar-refractivity contribution is 6.04. The van der Waals surface area contributed by atoms with Gasteiger partial charge in [0.1, 0.15) is 5.75 Å². The van der Waals surface area contributed by atoms with Gasteiger partial charge in [-0.1, -0.05) is 23.4 Å². The van der Waals surface area contributed by atoms with Gasteiger partial charge in [0.15, 0.2) is 5.69 Å². The van der Waals surface area contributed by atoms with Gasteiger partial charge in [-0.05, 0) is 63.1 Å². The van der Waals surface area contributed by atoms with Crippen molar-refractivity contribution in [1.82, 2.24) is 15.0 Å². The van der Waals surface area contributed by atoms with Crippen LogP contribution in [-0.4, -0.2) is 27.5 Å². The van der Waals surface area contributed by atoms with E-state index in [9.17, 15) is 4.79 Å². The highest BCUT2D eigenvalue weighted by Gasteiger charge is 2.19. The van der Waals surface area contributed by atoms with Crippen LogP contribution in [0.2, 0.25) is 0 Å². The van der Waals surface area contributed by atoms with E-state index in [0.29, 0.717) is 23.7 Å². The molecule has 6 heteroatoms. The Kier molecular flexibility index (Phi) is 5.02. The highest BCUT2D eigenvalue weighted by Crippen LogP contribution is 2.24. The van der Waals surface area contributed by atoms with Crippen LogP contribution in [0, 0.1) is 20.8 Å². The molecule has 0 radical (unpaired) electrons. The quantitative estimate of drug-likeness (QED) is 0.759. The molecule has 0 aliphatic carbocycles. The lowest BCUT2D eigenvalue weighted by Crippen LogP contribution is -2.15. The van der Waals surface area contributed by atoms with Crippen LogP contribution in [0.5, 0.6) is 5.75 Å². The predicted octanol–water partition coefficient (Wildman–Crippen LogP) is 3.84. The number of rotatable bonds is 5. The lowest BCUT2D eigenvalue weighted by atomic mass is 10.1. The summed E-state index contributed by atoms with van der Waals surface area (Å²) in [4.78, 5) is 12.7. The number of nitrogens with zero attached hydrogens (tertiary/aromatic N) is 3. The minimum Gasteiger partial charge on any atom is -0.492 e. The number of carbonyl (C=O) groups excluding carboxylic acids is 1. The molecule has 0 atom stereocenters. The van der Waals surface area contributed by atoms with Gasteiger partial charge in [0.05, 0.1) is 23.7 Å². The summed E-state index contributed by atoms with van der Waals surface area (Å²) in [7, 11) is 0. The number of ether oxygens (including phenoxy) is 1. The van der Waals surface area contributed by atoms with E-state index in [0.717, 1.165) is 11.3 Å². The lowest BCUT2D eigenvalue weighted by molar-refractivity contribution is 0.102. The van der Waals surface area contributed by atoms with Crippen molar-refractivity contribution in [3.8, 4) is 11.4 Å². The van der Waals surface area contributed by atoms with Gasteiger partial charge in [0, 0.05) is 0 Å². The van der Waals surface area contributed by atoms with Gasteiger partial charge >= 0.3 is 0 Å². The molecule has 1 aromatic heterocycles. The van der Waals surface area contributed by atoms with Crippen LogP contribution in [-0.2, 0) is 0 Å². The van der Waals surface area contributed by atoms with E-state index in [1.54, 1.807) is 10.7 Å². The molecule has 3 aromatic rings. The average molecular weight is 350 g/mol. The molecule has 0 saturated heterocycles. The maximum absolute atomic E-state index is 12.7. The highest BCUT2D eigenvalue weighted by atomic mass is 16.5. The van der Waals surface area contributed by atoms with Crippen LogP contribution in [0.15, 0.2) is 42.5 Å². The Morgan fingerprint density at radius 3 is 2.62 bits per heavy atom. The number of hydrogen-bond acceptors (Lipinski definition) is 4. The monoisotopic (exact) mass is 350 g/mol. The Labute approximate surface area is 152 Å². The van der Waals surface area contributed by atoms with Gasteiger partial charge < -0.3 is 10.1 Å². The van der Waals surface area contributed by atoms with Gasteiger partial charge in [-0.15, -0.1) is 5.10 Å². The van der Waals surface area contributed by atoms with Crippen LogP contribution in [0.3, 0.4) is 0 Å². The maximum Gasteiger partial charge on any atom is 0.278 e. The summed E-state index contributed by atoms with van der Waals surface area (Å²) in [6.45, 7) is 8.36. The topological polar surface area (TPSA) is 69.0 Å². The molecule has 26 heavy (non-hydrogen) atoms. The first-order chi connectivity index (χ1) is 12.5. The second kappa shape index (κ2) is 7.39. The van der Waals surface area contributed by atoms with Crippen LogP contribution in [0.1, 0.15) is 34.2 Å². The number of anilines is 1. The molecule has 0 aliphatic rings. The Morgan fingerprint density at radius 2 is 1.88 bits per heavy atom. The Balaban J connectivity index is 1.88. The maximum atomic E-state index is 12.7. The number of para-hydroxylation sites is 2. The number of nitrogens with one attached hydrogen (secondary N) is 1. The fraction of sp³-hybridized carbons (Fsp3) is 0.250. The second-order valence-electron chi connectivity index (χ2n) is 6.09. The van der Waals surface area contributed by atoms with Crippen molar-refractivity contribution < 1.29 is 9.53 Å². The zero-order valence-electron chi connectivity index (χ0n) is 15.4. The van der Waals surface area contributed by atoms with Crippen LogP contribution in [0.4, 0.5) is 5.69 Å². The van der Waals surface area contributed by atoms with Crippen molar-refractivity contribution in [1.29, 1.82) is 0 Å². The molecular weight excluding hydrogens is 328 g/mol. The van der Waals surface area contributed by atoms with E-state index >= 15 is 0 Å². The van der Waals surface area contributed by atoms with Gasteiger partial charge in [-0.2, -0.15) is 0 Å². The first kappa shape index (κ1) is 17.7. The molecule has 1 heterocycles. The summed E-state index contributed by atoms with van der Waals surface area (Å²) >= 11 is 0. The first-order valence-electron chi connectivity index (χ1n) is 8.54. The van der Waals surface area contributed by atoms with Crippen molar-refractivity contribution in [2.45, 2.75) is 27.7 Å². The zero-order valence-corrected chi connectivity index (χ0v) is 15.4. The third-order valence-corrected chi connectivity index (χ3v) is 4.28.